The third-order valence-corrected chi connectivity index (χ3v) is 3.86. The van der Waals surface area contributed by atoms with Gasteiger partial charge in [0.15, 0.2) is 0 Å². The number of hydrogen-bond donors (Lipinski definition) is 0. The summed E-state index contributed by atoms with van der Waals surface area (Å²) >= 11 is 12.4. The molecule has 0 atom stereocenters. The van der Waals surface area contributed by atoms with E-state index in [1.54, 1.807) is 12.1 Å². The molecule has 0 N–H and O–H groups in total. The monoisotopic (exact) mass is 315 g/mol. The minimum Gasteiger partial charge on any atom is -0.294 e. The molecular formula is C16H11Cl2N3. The van der Waals surface area contributed by atoms with Gasteiger partial charge in [-0.1, -0.05) is 17.7 Å². The Labute approximate surface area is 132 Å². The molecule has 1 aromatic heterocycles. The average molecular weight is 316 g/mol. The molecule has 0 fully saturated rings. The molecule has 0 aliphatic carbocycles. The van der Waals surface area contributed by atoms with Crippen LogP contribution < -0.4 is 0 Å². The van der Waals surface area contributed by atoms with Gasteiger partial charge in [0, 0.05) is 0 Å². The number of rotatable bonds is 2. The molecule has 0 amide bonds. The van der Waals surface area contributed by atoms with Gasteiger partial charge in [-0.2, -0.15) is 5.26 Å². The van der Waals surface area contributed by atoms with Crippen LogP contribution in [-0.4, -0.2) is 9.55 Å². The number of benzene rings is 2. The second-order valence-corrected chi connectivity index (χ2v) is 5.44. The molecule has 0 saturated heterocycles. The summed E-state index contributed by atoms with van der Waals surface area (Å²) in [4.78, 5) is 4.51. The predicted molar refractivity (Wildman–Crippen MR) is 85.1 cm³/mol. The van der Waals surface area contributed by atoms with Crippen molar-refractivity contribution in [3.8, 4) is 11.8 Å². The Balaban J connectivity index is 2.36. The quantitative estimate of drug-likeness (QED) is 0.648. The molecular weight excluding hydrogens is 305 g/mol. The minimum atomic E-state index is 0.265. The van der Waals surface area contributed by atoms with Crippen LogP contribution in [0.25, 0.3) is 16.7 Å². The lowest BCUT2D eigenvalue weighted by Gasteiger charge is -2.10. The molecule has 0 saturated carbocycles. The molecule has 21 heavy (non-hydrogen) atoms. The van der Waals surface area contributed by atoms with Crippen LogP contribution in [0.4, 0.5) is 0 Å². The molecule has 0 unspecified atom stereocenters. The fraction of sp³-hybridized carbons (Fsp3) is 0.125. The van der Waals surface area contributed by atoms with Crippen molar-refractivity contribution < 1.29 is 0 Å². The van der Waals surface area contributed by atoms with E-state index in [1.807, 2.05) is 35.8 Å². The number of fused-ring (bicyclic) bond motifs is 1. The van der Waals surface area contributed by atoms with Gasteiger partial charge in [0.1, 0.15) is 5.82 Å². The smallest absolute Gasteiger partial charge is 0.129 e. The fourth-order valence-electron chi connectivity index (χ4n) is 2.35. The van der Waals surface area contributed by atoms with Gasteiger partial charge in [-0.3, -0.25) is 4.57 Å². The lowest BCUT2D eigenvalue weighted by molar-refractivity contribution is 0.981. The second kappa shape index (κ2) is 5.40. The van der Waals surface area contributed by atoms with Crippen LogP contribution in [0.3, 0.4) is 0 Å². The lowest BCUT2D eigenvalue weighted by atomic mass is 10.2. The van der Waals surface area contributed by atoms with Gasteiger partial charge in [-0.15, -0.1) is 11.6 Å². The molecule has 104 valence electrons. The maximum Gasteiger partial charge on any atom is 0.129 e. The molecule has 0 aliphatic heterocycles. The zero-order valence-electron chi connectivity index (χ0n) is 11.3. The highest BCUT2D eigenvalue weighted by atomic mass is 35.5. The van der Waals surface area contributed by atoms with E-state index in [4.69, 9.17) is 28.5 Å². The van der Waals surface area contributed by atoms with E-state index in [1.165, 1.54) is 0 Å². The van der Waals surface area contributed by atoms with E-state index in [9.17, 15) is 0 Å². The van der Waals surface area contributed by atoms with E-state index in [0.717, 1.165) is 22.3 Å². The number of nitrogens with zero attached hydrogens (tertiary/aromatic N) is 3. The topological polar surface area (TPSA) is 41.6 Å². The molecule has 5 heteroatoms. The van der Waals surface area contributed by atoms with Crippen molar-refractivity contribution >= 4 is 34.2 Å². The van der Waals surface area contributed by atoms with Crippen LogP contribution in [0.5, 0.6) is 0 Å². The van der Waals surface area contributed by atoms with Crippen molar-refractivity contribution in [3.05, 3.63) is 58.4 Å². The highest BCUT2D eigenvalue weighted by Gasteiger charge is 2.14. The van der Waals surface area contributed by atoms with Crippen molar-refractivity contribution in [2.45, 2.75) is 12.8 Å². The molecule has 0 aliphatic rings. The molecule has 0 spiro atoms. The molecule has 0 radical (unpaired) electrons. The standard InChI is InChI=1S/C16H11Cl2N3/c1-10-2-5-14(12(18)6-10)21-15-7-11(9-19)3-4-13(15)20-16(21)8-17/h2-7H,8H2,1H3. The fourth-order valence-corrected chi connectivity index (χ4v) is 2.85. The summed E-state index contributed by atoms with van der Waals surface area (Å²) in [6.07, 6.45) is 0. The highest BCUT2D eigenvalue weighted by molar-refractivity contribution is 6.32. The number of alkyl halides is 1. The molecule has 2 aromatic carbocycles. The SMILES string of the molecule is Cc1ccc(-n2c(CCl)nc3ccc(C#N)cc32)c(Cl)c1. The molecule has 3 rings (SSSR count). The van der Waals surface area contributed by atoms with Gasteiger partial charge < -0.3 is 0 Å². The third kappa shape index (κ3) is 2.37. The number of imidazole rings is 1. The maximum absolute atomic E-state index is 9.08. The van der Waals surface area contributed by atoms with Gasteiger partial charge in [-0.25, -0.2) is 4.98 Å². The van der Waals surface area contributed by atoms with Gasteiger partial charge in [0.25, 0.3) is 0 Å². The van der Waals surface area contributed by atoms with Crippen molar-refractivity contribution in [3.63, 3.8) is 0 Å². The van der Waals surface area contributed by atoms with Crippen LogP contribution in [0.1, 0.15) is 17.0 Å². The first-order valence-electron chi connectivity index (χ1n) is 6.38. The van der Waals surface area contributed by atoms with Gasteiger partial charge in [0.05, 0.1) is 39.3 Å². The van der Waals surface area contributed by atoms with E-state index in [0.29, 0.717) is 16.4 Å². The van der Waals surface area contributed by atoms with Crippen molar-refractivity contribution in [2.24, 2.45) is 0 Å². The zero-order valence-corrected chi connectivity index (χ0v) is 12.8. The first-order valence-corrected chi connectivity index (χ1v) is 7.29. The average Bonchev–Trinajstić information content (AvgIpc) is 2.84. The number of hydrogen-bond acceptors (Lipinski definition) is 2. The lowest BCUT2D eigenvalue weighted by Crippen LogP contribution is -2.00. The van der Waals surface area contributed by atoms with Crippen LogP contribution in [0.2, 0.25) is 5.02 Å². The summed E-state index contributed by atoms with van der Waals surface area (Å²) in [5, 5.41) is 9.71. The summed E-state index contributed by atoms with van der Waals surface area (Å²) in [7, 11) is 0. The van der Waals surface area contributed by atoms with E-state index in [2.05, 4.69) is 11.1 Å². The molecule has 0 bridgehead atoms. The Hall–Kier alpha value is -2.02. The van der Waals surface area contributed by atoms with Crippen molar-refractivity contribution in [1.29, 1.82) is 5.26 Å². The van der Waals surface area contributed by atoms with Crippen molar-refractivity contribution in [2.75, 3.05) is 0 Å². The highest BCUT2D eigenvalue weighted by Crippen LogP contribution is 2.28. The molecule has 3 aromatic rings. The first-order chi connectivity index (χ1) is 10.1. The van der Waals surface area contributed by atoms with E-state index >= 15 is 0 Å². The maximum atomic E-state index is 9.08. The number of aryl methyl sites for hydroxylation is 1. The van der Waals surface area contributed by atoms with Gasteiger partial charge in [-0.05, 0) is 42.8 Å². The third-order valence-electron chi connectivity index (χ3n) is 3.32. The van der Waals surface area contributed by atoms with Gasteiger partial charge >= 0.3 is 0 Å². The Bertz CT molecular complexity index is 875. The van der Waals surface area contributed by atoms with Crippen LogP contribution >= 0.6 is 23.2 Å². The molecule has 1 heterocycles. The second-order valence-electron chi connectivity index (χ2n) is 4.77. The van der Waals surface area contributed by atoms with Crippen LogP contribution in [0.15, 0.2) is 36.4 Å². The summed E-state index contributed by atoms with van der Waals surface area (Å²) in [6.45, 7) is 1.98. The normalized spacial score (nSPS) is 10.8. The minimum absolute atomic E-state index is 0.265. The van der Waals surface area contributed by atoms with E-state index < -0.39 is 0 Å². The van der Waals surface area contributed by atoms with Crippen molar-refractivity contribution in [1.82, 2.24) is 9.55 Å². The number of aromatic nitrogens is 2. The van der Waals surface area contributed by atoms with Gasteiger partial charge in [0.2, 0.25) is 0 Å². The predicted octanol–water partition coefficient (Wildman–Crippen LogP) is 4.60. The van der Waals surface area contributed by atoms with E-state index in [-0.39, 0.29) is 5.88 Å². The number of halogens is 2. The Morgan fingerprint density at radius 1 is 1.24 bits per heavy atom. The Morgan fingerprint density at radius 3 is 2.71 bits per heavy atom. The summed E-state index contributed by atoms with van der Waals surface area (Å²) in [5.41, 5.74) is 4.10. The van der Waals surface area contributed by atoms with Crippen LogP contribution in [0, 0.1) is 18.3 Å². The summed E-state index contributed by atoms with van der Waals surface area (Å²) in [6, 6.07) is 13.3. The summed E-state index contributed by atoms with van der Waals surface area (Å²) < 4.78 is 1.91. The number of nitriles is 1. The Morgan fingerprint density at radius 2 is 2.05 bits per heavy atom. The Kier molecular flexibility index (Phi) is 3.59. The first kappa shape index (κ1) is 13.9. The summed E-state index contributed by atoms with van der Waals surface area (Å²) in [5.74, 6) is 0.966. The zero-order chi connectivity index (χ0) is 15.0. The molecule has 3 nitrogen and oxygen atoms in total. The largest absolute Gasteiger partial charge is 0.294 e. The van der Waals surface area contributed by atoms with Crippen LogP contribution in [-0.2, 0) is 5.88 Å².